The summed E-state index contributed by atoms with van der Waals surface area (Å²) in [5.74, 6) is -0.00267. The first kappa shape index (κ1) is 84.6. The Morgan fingerprint density at radius 1 is 0.314 bits per heavy atom. The van der Waals surface area contributed by atoms with Gasteiger partial charge in [0.2, 0.25) is 5.91 Å². The van der Waals surface area contributed by atoms with Crippen LogP contribution in [0.3, 0.4) is 0 Å². The minimum atomic E-state index is -0.662. The van der Waals surface area contributed by atoms with Gasteiger partial charge < -0.3 is 20.3 Å². The highest BCUT2D eigenvalue weighted by Crippen LogP contribution is 2.20. The molecular weight excluding hydrogens is 1050 g/mol. The third kappa shape index (κ3) is 71.7. The SMILES string of the molecule is CCCCCCCCCCCCCCCCCCCCCC(O)C(CO)NC(=O)CCCCCCCCCCCCCCCCCCC/C=C\CCCCCCCCCCCCCCOC(=O)CCCCCCCCCCCCCCCCCCC. The number of nitrogens with one attached hydrogen (secondary N) is 1. The average molecular weight is 1210 g/mol. The lowest BCUT2D eigenvalue weighted by Gasteiger charge is -2.22. The molecule has 0 spiro atoms. The van der Waals surface area contributed by atoms with Gasteiger partial charge >= 0.3 is 5.97 Å². The fourth-order valence-electron chi connectivity index (χ4n) is 13.0. The molecule has 6 heteroatoms. The van der Waals surface area contributed by atoms with Crippen molar-refractivity contribution in [3.05, 3.63) is 12.2 Å². The first-order valence-electron chi connectivity index (χ1n) is 39.9. The highest BCUT2D eigenvalue weighted by molar-refractivity contribution is 5.76. The highest BCUT2D eigenvalue weighted by atomic mass is 16.5. The molecule has 2 unspecified atom stereocenters. The Morgan fingerprint density at radius 2 is 0.547 bits per heavy atom. The van der Waals surface area contributed by atoms with Gasteiger partial charge in [-0.25, -0.2) is 0 Å². The number of allylic oxidation sites excluding steroid dienone is 2. The normalized spacial score (nSPS) is 12.5. The molecule has 0 bridgehead atoms. The van der Waals surface area contributed by atoms with E-state index in [0.29, 0.717) is 25.9 Å². The van der Waals surface area contributed by atoms with Crippen LogP contribution in [-0.2, 0) is 14.3 Å². The fraction of sp³-hybridized carbons (Fsp3) is 0.950. The highest BCUT2D eigenvalue weighted by Gasteiger charge is 2.20. The van der Waals surface area contributed by atoms with E-state index in [4.69, 9.17) is 4.74 Å². The third-order valence-electron chi connectivity index (χ3n) is 19.1. The zero-order valence-corrected chi connectivity index (χ0v) is 58.8. The molecule has 3 N–H and O–H groups in total. The largest absolute Gasteiger partial charge is 0.466 e. The van der Waals surface area contributed by atoms with Crippen molar-refractivity contribution in [2.45, 2.75) is 475 Å². The number of aliphatic hydroxyl groups is 2. The minimum absolute atomic E-state index is 0.0240. The smallest absolute Gasteiger partial charge is 0.305 e. The Morgan fingerprint density at radius 3 is 0.826 bits per heavy atom. The molecule has 0 saturated heterocycles. The number of aliphatic hydroxyl groups excluding tert-OH is 2. The summed E-state index contributed by atoms with van der Waals surface area (Å²) in [7, 11) is 0. The maximum absolute atomic E-state index is 12.6. The summed E-state index contributed by atoms with van der Waals surface area (Å²) in [6, 6.07) is -0.539. The van der Waals surface area contributed by atoms with E-state index in [-0.39, 0.29) is 18.5 Å². The van der Waals surface area contributed by atoms with Crippen molar-refractivity contribution in [2.24, 2.45) is 0 Å². The summed E-state index contributed by atoms with van der Waals surface area (Å²) in [5, 5.41) is 23.4. The number of hydrogen-bond donors (Lipinski definition) is 3. The lowest BCUT2D eigenvalue weighted by molar-refractivity contribution is -0.143. The second kappa shape index (κ2) is 76.1. The van der Waals surface area contributed by atoms with Crippen LogP contribution in [0.15, 0.2) is 12.2 Å². The molecule has 0 aromatic rings. The van der Waals surface area contributed by atoms with Crippen molar-refractivity contribution < 1.29 is 24.5 Å². The maximum Gasteiger partial charge on any atom is 0.305 e. The van der Waals surface area contributed by atoms with Crippen molar-refractivity contribution in [3.8, 4) is 0 Å². The van der Waals surface area contributed by atoms with E-state index in [2.05, 4.69) is 31.3 Å². The van der Waals surface area contributed by atoms with Gasteiger partial charge in [0.25, 0.3) is 0 Å². The van der Waals surface area contributed by atoms with E-state index in [1.165, 1.54) is 392 Å². The van der Waals surface area contributed by atoms with E-state index in [9.17, 15) is 19.8 Å². The van der Waals surface area contributed by atoms with E-state index >= 15 is 0 Å². The molecule has 512 valence electrons. The molecule has 1 amide bonds. The van der Waals surface area contributed by atoms with Gasteiger partial charge in [0.15, 0.2) is 0 Å². The molecular formula is C80H157NO5. The fourth-order valence-corrected chi connectivity index (χ4v) is 13.0. The van der Waals surface area contributed by atoms with E-state index in [1.54, 1.807) is 0 Å². The summed E-state index contributed by atoms with van der Waals surface area (Å²) >= 11 is 0. The van der Waals surface area contributed by atoms with E-state index in [1.807, 2.05) is 0 Å². The summed E-state index contributed by atoms with van der Waals surface area (Å²) in [5.41, 5.74) is 0. The number of hydrogen-bond acceptors (Lipinski definition) is 5. The lowest BCUT2D eigenvalue weighted by Crippen LogP contribution is -2.45. The van der Waals surface area contributed by atoms with Gasteiger partial charge in [0.1, 0.15) is 0 Å². The first-order valence-corrected chi connectivity index (χ1v) is 39.9. The quantitative estimate of drug-likeness (QED) is 0.0320. The van der Waals surface area contributed by atoms with Gasteiger partial charge in [0.05, 0.1) is 25.4 Å². The van der Waals surface area contributed by atoms with Crippen LogP contribution < -0.4 is 5.32 Å². The maximum atomic E-state index is 12.6. The number of carbonyl (C=O) groups is 2. The van der Waals surface area contributed by atoms with Crippen molar-refractivity contribution in [2.75, 3.05) is 13.2 Å². The summed E-state index contributed by atoms with van der Waals surface area (Å²) < 4.78 is 5.51. The molecule has 86 heavy (non-hydrogen) atoms. The Hall–Kier alpha value is -1.40. The zero-order valence-electron chi connectivity index (χ0n) is 58.8. The van der Waals surface area contributed by atoms with Crippen LogP contribution in [0.2, 0.25) is 0 Å². The molecule has 6 nitrogen and oxygen atoms in total. The topological polar surface area (TPSA) is 95.9 Å². The first-order chi connectivity index (χ1) is 42.5. The number of amides is 1. The molecule has 0 radical (unpaired) electrons. The van der Waals surface area contributed by atoms with Crippen LogP contribution in [0.1, 0.15) is 463 Å². The summed E-state index contributed by atoms with van der Waals surface area (Å²) in [6.07, 6.45) is 95.9. The van der Waals surface area contributed by atoms with Crippen LogP contribution >= 0.6 is 0 Å². The molecule has 0 aliphatic rings. The molecule has 0 saturated carbocycles. The molecule has 0 aliphatic heterocycles. The van der Waals surface area contributed by atoms with Crippen molar-refractivity contribution >= 4 is 11.9 Å². The monoisotopic (exact) mass is 1210 g/mol. The Balaban J connectivity index is 3.33. The molecule has 0 rings (SSSR count). The summed E-state index contributed by atoms with van der Waals surface area (Å²) in [4.78, 5) is 24.7. The second-order valence-corrected chi connectivity index (χ2v) is 27.8. The Bertz CT molecular complexity index is 1300. The average Bonchev–Trinajstić information content (AvgIpc) is 3.57. The number of carbonyl (C=O) groups excluding carboxylic acids is 2. The number of unbranched alkanes of at least 4 members (excludes halogenated alkanes) is 63. The van der Waals surface area contributed by atoms with E-state index < -0.39 is 12.1 Å². The van der Waals surface area contributed by atoms with Crippen LogP contribution in [0, 0.1) is 0 Å². The predicted octanol–water partition coefficient (Wildman–Crippen LogP) is 26.3. The second-order valence-electron chi connectivity index (χ2n) is 27.8. The van der Waals surface area contributed by atoms with Crippen molar-refractivity contribution in [1.29, 1.82) is 0 Å². The zero-order chi connectivity index (χ0) is 62.0. The van der Waals surface area contributed by atoms with Crippen LogP contribution in [0.5, 0.6) is 0 Å². The van der Waals surface area contributed by atoms with Crippen LogP contribution in [-0.4, -0.2) is 47.4 Å². The molecule has 0 aliphatic carbocycles. The minimum Gasteiger partial charge on any atom is -0.466 e. The Kier molecular flexibility index (Phi) is 74.8. The lowest BCUT2D eigenvalue weighted by atomic mass is 10.0. The predicted molar refractivity (Wildman–Crippen MR) is 380 cm³/mol. The number of rotatable bonds is 76. The number of ether oxygens (including phenoxy) is 1. The summed E-state index contributed by atoms with van der Waals surface area (Å²) in [6.45, 7) is 5.01. The van der Waals surface area contributed by atoms with Gasteiger partial charge in [-0.3, -0.25) is 9.59 Å². The molecule has 0 heterocycles. The van der Waals surface area contributed by atoms with Crippen molar-refractivity contribution in [1.82, 2.24) is 5.32 Å². The van der Waals surface area contributed by atoms with Crippen LogP contribution in [0.25, 0.3) is 0 Å². The van der Waals surface area contributed by atoms with Gasteiger partial charge in [-0.1, -0.05) is 411 Å². The van der Waals surface area contributed by atoms with E-state index in [0.717, 1.165) is 38.5 Å². The van der Waals surface area contributed by atoms with Crippen molar-refractivity contribution in [3.63, 3.8) is 0 Å². The Labute approximate surface area is 539 Å². The van der Waals surface area contributed by atoms with Gasteiger partial charge in [-0.2, -0.15) is 0 Å². The molecule has 0 aromatic carbocycles. The molecule has 0 fully saturated rings. The number of esters is 1. The van der Waals surface area contributed by atoms with Gasteiger partial charge in [-0.15, -0.1) is 0 Å². The molecule has 2 atom stereocenters. The van der Waals surface area contributed by atoms with Crippen LogP contribution in [0.4, 0.5) is 0 Å². The van der Waals surface area contributed by atoms with Gasteiger partial charge in [0, 0.05) is 12.8 Å². The molecule has 0 aromatic heterocycles. The standard InChI is InChI=1S/C80H157NO5/c1-3-5-7-9-11-13-15-17-19-21-37-41-44-48-52-56-60-64-68-72-78(83)77(76-82)81-79(84)73-69-65-61-57-53-49-45-42-38-35-33-31-29-27-25-23-22-24-26-28-30-32-34-36-39-43-47-51-55-59-63-67-71-75-86-80(85)74-70-66-62-58-54-50-46-40-20-18-16-14-12-10-8-6-4-2/h26,28,77-78,82-83H,3-25,27,29-76H2,1-2H3,(H,81,84)/b28-26-. The van der Waals surface area contributed by atoms with Gasteiger partial charge in [-0.05, 0) is 51.4 Å². The third-order valence-corrected chi connectivity index (χ3v) is 19.1.